The van der Waals surface area contributed by atoms with Crippen molar-refractivity contribution in [3.8, 4) is 11.6 Å². The second-order valence-corrected chi connectivity index (χ2v) is 15.7. The lowest BCUT2D eigenvalue weighted by molar-refractivity contribution is -0.142. The van der Waals surface area contributed by atoms with Crippen molar-refractivity contribution in [3.63, 3.8) is 0 Å². The van der Waals surface area contributed by atoms with Gasteiger partial charge in [-0.25, -0.2) is 22.2 Å². The number of likely N-dealkylation sites (tertiary alicyclic amines) is 1. The van der Waals surface area contributed by atoms with E-state index in [1.807, 2.05) is 4.72 Å². The van der Waals surface area contributed by atoms with Crippen LogP contribution in [-0.2, 0) is 24.4 Å². The van der Waals surface area contributed by atoms with Crippen LogP contribution in [0.25, 0.3) is 10.8 Å². The minimum atomic E-state index is -4.02. The lowest BCUT2D eigenvalue weighted by Gasteiger charge is -2.33. The van der Waals surface area contributed by atoms with Crippen molar-refractivity contribution in [2.24, 2.45) is 17.1 Å². The fraction of sp³-hybridized carbons (Fsp3) is 0.600. The number of pyridine rings is 1. The molecule has 2 saturated carbocycles. The van der Waals surface area contributed by atoms with Crippen molar-refractivity contribution >= 4 is 50.1 Å². The molecule has 2 heterocycles. The van der Waals surface area contributed by atoms with Crippen molar-refractivity contribution < 1.29 is 41.1 Å². The number of fused-ring (bicyclic) bond motifs is 1. The Kier molecular flexibility index (Phi) is 9.16. The molecule has 0 unspecified atom stereocenters. The Bertz CT molecular complexity index is 1650. The monoisotopic (exact) mass is 685 g/mol. The van der Waals surface area contributed by atoms with Gasteiger partial charge in [-0.2, -0.15) is 0 Å². The number of amides is 3. The van der Waals surface area contributed by atoms with Gasteiger partial charge < -0.3 is 25.4 Å². The SMILES string of the molecule is COc1cnc(O[C@@H]2C[C@@H](C(=O)N[C@]3(C(=O)NS(=O)(=O)C4CC4)C[C@H]3CC(F)F)N(C(=O)[C@@H](N)C(C)(C)C)C2)c2cc(Cl)ccc12. The van der Waals surface area contributed by atoms with Crippen molar-refractivity contribution in [3.05, 3.63) is 29.4 Å². The summed E-state index contributed by atoms with van der Waals surface area (Å²) in [6.45, 7) is 5.23. The highest BCUT2D eigenvalue weighted by Crippen LogP contribution is 2.48. The van der Waals surface area contributed by atoms with Gasteiger partial charge in [0.25, 0.3) is 5.91 Å². The highest BCUT2D eigenvalue weighted by Gasteiger charge is 2.63. The summed E-state index contributed by atoms with van der Waals surface area (Å²) < 4.78 is 65.5. The number of hydrogen-bond acceptors (Lipinski definition) is 9. The molecule has 3 fully saturated rings. The molecular formula is C30H38ClF2N5O7S. The zero-order valence-electron chi connectivity index (χ0n) is 25.9. The zero-order chi connectivity index (χ0) is 33.8. The maximum absolute atomic E-state index is 13.9. The average molecular weight is 686 g/mol. The molecule has 2 aromatic rings. The zero-order valence-corrected chi connectivity index (χ0v) is 27.5. The van der Waals surface area contributed by atoms with Gasteiger partial charge in [-0.15, -0.1) is 0 Å². The maximum Gasteiger partial charge on any atom is 0.259 e. The van der Waals surface area contributed by atoms with Crippen LogP contribution in [0.3, 0.4) is 0 Å². The fourth-order valence-corrected chi connectivity index (χ4v) is 7.34. The third-order valence-electron chi connectivity index (χ3n) is 8.84. The Morgan fingerprint density at radius 2 is 1.91 bits per heavy atom. The van der Waals surface area contributed by atoms with E-state index < -0.39 is 80.9 Å². The molecule has 0 radical (unpaired) electrons. The van der Waals surface area contributed by atoms with Crippen LogP contribution in [0.4, 0.5) is 8.78 Å². The number of nitrogens with two attached hydrogens (primary N) is 1. The molecule has 16 heteroatoms. The Labute approximate surface area is 270 Å². The summed E-state index contributed by atoms with van der Waals surface area (Å²) in [7, 11) is -2.53. The molecule has 0 spiro atoms. The number of aromatic nitrogens is 1. The lowest BCUT2D eigenvalue weighted by atomic mass is 9.86. The van der Waals surface area contributed by atoms with Crippen LogP contribution in [0.2, 0.25) is 5.02 Å². The molecule has 252 valence electrons. The van der Waals surface area contributed by atoms with Gasteiger partial charge in [-0.1, -0.05) is 32.4 Å². The number of alkyl halides is 2. The van der Waals surface area contributed by atoms with Crippen molar-refractivity contribution in [1.82, 2.24) is 19.9 Å². The third kappa shape index (κ3) is 6.86. The van der Waals surface area contributed by atoms with E-state index in [1.165, 1.54) is 18.2 Å². The number of nitrogens with zero attached hydrogens (tertiary/aromatic N) is 2. The molecule has 4 N–H and O–H groups in total. The summed E-state index contributed by atoms with van der Waals surface area (Å²) in [5.74, 6) is -2.78. The topological polar surface area (TPSA) is 170 Å². The van der Waals surface area contributed by atoms with E-state index >= 15 is 0 Å². The van der Waals surface area contributed by atoms with E-state index in [2.05, 4.69) is 10.3 Å². The Morgan fingerprint density at radius 3 is 2.52 bits per heavy atom. The van der Waals surface area contributed by atoms with Crippen molar-refractivity contribution in [2.75, 3.05) is 13.7 Å². The second-order valence-electron chi connectivity index (χ2n) is 13.3. The Balaban J connectivity index is 1.43. The van der Waals surface area contributed by atoms with E-state index in [-0.39, 0.29) is 25.3 Å². The molecule has 1 saturated heterocycles. The highest BCUT2D eigenvalue weighted by molar-refractivity contribution is 7.91. The van der Waals surface area contributed by atoms with Gasteiger partial charge in [-0.3, -0.25) is 19.1 Å². The molecule has 5 atom stereocenters. The number of methoxy groups -OCH3 is 1. The van der Waals surface area contributed by atoms with Gasteiger partial charge in [0.1, 0.15) is 23.4 Å². The molecule has 1 aromatic carbocycles. The molecule has 12 nitrogen and oxygen atoms in total. The summed E-state index contributed by atoms with van der Waals surface area (Å²) in [6, 6.07) is 2.84. The minimum Gasteiger partial charge on any atom is -0.494 e. The van der Waals surface area contributed by atoms with E-state index in [0.29, 0.717) is 34.4 Å². The number of sulfonamides is 1. The molecule has 5 rings (SSSR count). The normalized spacial score (nSPS) is 25.3. The number of hydrogen-bond donors (Lipinski definition) is 3. The minimum absolute atomic E-state index is 0.0538. The number of halogens is 3. The van der Waals surface area contributed by atoms with Gasteiger partial charge in [0.15, 0.2) is 0 Å². The van der Waals surface area contributed by atoms with Gasteiger partial charge >= 0.3 is 0 Å². The Hall–Kier alpha value is -3.30. The predicted molar refractivity (Wildman–Crippen MR) is 165 cm³/mol. The van der Waals surface area contributed by atoms with Crippen LogP contribution < -0.4 is 25.2 Å². The van der Waals surface area contributed by atoms with E-state index in [4.69, 9.17) is 26.8 Å². The summed E-state index contributed by atoms with van der Waals surface area (Å²) in [5, 5.41) is 3.43. The highest BCUT2D eigenvalue weighted by atomic mass is 35.5. The van der Waals surface area contributed by atoms with Crippen LogP contribution >= 0.6 is 11.6 Å². The van der Waals surface area contributed by atoms with Gasteiger partial charge in [-0.05, 0) is 48.8 Å². The third-order valence-corrected chi connectivity index (χ3v) is 10.9. The smallest absolute Gasteiger partial charge is 0.259 e. The van der Waals surface area contributed by atoms with Gasteiger partial charge in [0.05, 0.1) is 31.1 Å². The standard InChI is InChI=1S/C30H38ClF2N5O7S/c1-29(2,3)24(34)27(40)38-14-17(45-26-20-10-16(31)5-8-19(20)22(44-4)13-35-26)11-21(38)25(39)36-30(12-15(30)9-23(32)33)28(41)37-46(42,43)18-6-7-18/h5,8,10,13,15,17-18,21,23-24H,6-7,9,11-12,14,34H2,1-4H3,(H,36,39)(H,37,41)/t15-,17-,21+,24-,30-/m1/s1. The first-order chi connectivity index (χ1) is 21.5. The van der Waals surface area contributed by atoms with Crippen LogP contribution in [0.15, 0.2) is 24.4 Å². The van der Waals surface area contributed by atoms with Crippen molar-refractivity contribution in [1.29, 1.82) is 0 Å². The Morgan fingerprint density at radius 1 is 1.22 bits per heavy atom. The lowest BCUT2D eigenvalue weighted by Crippen LogP contribution is -2.59. The van der Waals surface area contributed by atoms with Gasteiger partial charge in [0.2, 0.25) is 34.1 Å². The number of nitrogens with one attached hydrogen (secondary N) is 2. The summed E-state index contributed by atoms with van der Waals surface area (Å²) in [5.41, 5.74) is 3.75. The van der Waals surface area contributed by atoms with Crippen LogP contribution in [-0.4, -0.2) is 85.1 Å². The summed E-state index contributed by atoms with van der Waals surface area (Å²) in [6.07, 6.45) is -2.29. The van der Waals surface area contributed by atoms with E-state index in [1.54, 1.807) is 39.0 Å². The second kappa shape index (κ2) is 12.4. The molecule has 1 aliphatic heterocycles. The average Bonchev–Trinajstić information content (AvgIpc) is 3.89. The van der Waals surface area contributed by atoms with Gasteiger partial charge in [0, 0.05) is 28.6 Å². The molecule has 0 bridgehead atoms. The van der Waals surface area contributed by atoms with E-state index in [9.17, 15) is 31.6 Å². The first kappa shape index (κ1) is 34.0. The summed E-state index contributed by atoms with van der Waals surface area (Å²) in [4.78, 5) is 46.5. The van der Waals surface area contributed by atoms with Crippen LogP contribution in [0.5, 0.6) is 11.6 Å². The quantitative estimate of drug-likeness (QED) is 0.322. The van der Waals surface area contributed by atoms with E-state index in [0.717, 1.165) is 0 Å². The molecule has 2 aliphatic carbocycles. The first-order valence-electron chi connectivity index (χ1n) is 15.0. The molecule has 3 amide bonds. The first-order valence-corrected chi connectivity index (χ1v) is 16.9. The number of ether oxygens (including phenoxy) is 2. The number of rotatable bonds is 11. The number of carbonyl (C=O) groups excluding carboxylic acids is 3. The summed E-state index contributed by atoms with van der Waals surface area (Å²) >= 11 is 6.25. The molecule has 1 aromatic heterocycles. The fourth-order valence-electron chi connectivity index (χ4n) is 5.81. The largest absolute Gasteiger partial charge is 0.494 e. The maximum atomic E-state index is 13.9. The van der Waals surface area contributed by atoms with Crippen molar-refractivity contribution in [2.45, 2.75) is 88.3 Å². The number of carbonyl (C=O) groups is 3. The van der Waals surface area contributed by atoms with Crippen LogP contribution in [0.1, 0.15) is 52.9 Å². The van der Waals surface area contributed by atoms with Crippen LogP contribution in [0, 0.1) is 11.3 Å². The number of benzene rings is 1. The molecule has 3 aliphatic rings. The predicted octanol–water partition coefficient (Wildman–Crippen LogP) is 2.76. The molecular weight excluding hydrogens is 648 g/mol. The molecule has 46 heavy (non-hydrogen) atoms.